The lowest BCUT2D eigenvalue weighted by Gasteiger charge is -2.35. The normalized spacial score (nSPS) is 15.1. The van der Waals surface area contributed by atoms with Crippen molar-refractivity contribution < 1.29 is 8.42 Å². The van der Waals surface area contributed by atoms with E-state index in [2.05, 4.69) is 5.10 Å². The zero-order valence-corrected chi connectivity index (χ0v) is 19.2. The summed E-state index contributed by atoms with van der Waals surface area (Å²) in [4.78, 5) is 15.0. The Hall–Kier alpha value is -3.20. The van der Waals surface area contributed by atoms with Crippen molar-refractivity contribution in [1.29, 1.82) is 0 Å². The first-order valence-corrected chi connectivity index (χ1v) is 12.3. The molecule has 0 atom stereocenters. The van der Waals surface area contributed by atoms with Crippen molar-refractivity contribution >= 4 is 38.1 Å². The molecule has 7 nitrogen and oxygen atoms in total. The lowest BCUT2D eigenvalue weighted by molar-refractivity contribution is 0.384. The van der Waals surface area contributed by atoms with Gasteiger partial charge in [0, 0.05) is 26.2 Å². The van der Waals surface area contributed by atoms with Crippen LogP contribution in [0.5, 0.6) is 0 Å². The maximum absolute atomic E-state index is 13.2. The molecule has 0 radical (unpaired) electrons. The van der Waals surface area contributed by atoms with Gasteiger partial charge >= 0.3 is 0 Å². The minimum atomic E-state index is -3.63. The van der Waals surface area contributed by atoms with Crippen molar-refractivity contribution in [2.24, 2.45) is 0 Å². The van der Waals surface area contributed by atoms with Gasteiger partial charge in [0.25, 0.3) is 5.56 Å². The second-order valence-electron chi connectivity index (χ2n) is 7.80. The predicted molar refractivity (Wildman–Crippen MR) is 130 cm³/mol. The van der Waals surface area contributed by atoms with Gasteiger partial charge in [-0.3, -0.25) is 4.79 Å². The summed E-state index contributed by atoms with van der Waals surface area (Å²) in [6.45, 7) is 1.38. The molecule has 5 rings (SSSR count). The van der Waals surface area contributed by atoms with Gasteiger partial charge in [0.05, 0.1) is 22.5 Å². The van der Waals surface area contributed by atoms with E-state index in [1.54, 1.807) is 30.5 Å². The third-order valence-electron chi connectivity index (χ3n) is 5.84. The highest BCUT2D eigenvalue weighted by Crippen LogP contribution is 2.26. The molecular weight excluding hydrogens is 460 g/mol. The Morgan fingerprint density at radius 3 is 2.21 bits per heavy atom. The fourth-order valence-electron chi connectivity index (χ4n) is 4.04. The van der Waals surface area contributed by atoms with E-state index >= 15 is 0 Å². The van der Waals surface area contributed by atoms with Crippen LogP contribution < -0.4 is 10.5 Å². The number of anilines is 1. The monoisotopic (exact) mass is 480 g/mol. The van der Waals surface area contributed by atoms with Crippen molar-refractivity contribution in [2.75, 3.05) is 31.1 Å². The van der Waals surface area contributed by atoms with E-state index in [0.717, 1.165) is 10.8 Å². The van der Waals surface area contributed by atoms with Crippen LogP contribution >= 0.6 is 11.6 Å². The van der Waals surface area contributed by atoms with Crippen LogP contribution in [0.4, 0.5) is 5.69 Å². The summed E-state index contributed by atoms with van der Waals surface area (Å²) in [7, 11) is -3.63. The molecular formula is C24H21ClN4O3S. The highest BCUT2D eigenvalue weighted by atomic mass is 35.5. The Morgan fingerprint density at radius 1 is 0.818 bits per heavy atom. The standard InChI is InChI=1S/C24H21ClN4O3S/c25-23-22(17-26-29(24(23)30)20-8-2-1-3-9-20)27-12-14-28(15-13-27)33(31,32)21-11-10-18-6-4-5-7-19(18)16-21/h1-11,16-17H,12-15H2. The molecule has 0 amide bonds. The first kappa shape index (κ1) is 21.6. The van der Waals surface area contributed by atoms with Crippen LogP contribution in [0.2, 0.25) is 5.02 Å². The topological polar surface area (TPSA) is 75.5 Å². The number of benzene rings is 3. The number of aromatic nitrogens is 2. The van der Waals surface area contributed by atoms with Gasteiger partial charge in [0.1, 0.15) is 5.02 Å². The van der Waals surface area contributed by atoms with Gasteiger partial charge in [-0.15, -0.1) is 0 Å². The van der Waals surface area contributed by atoms with Gasteiger partial charge < -0.3 is 4.90 Å². The SMILES string of the molecule is O=c1c(Cl)c(N2CCN(S(=O)(=O)c3ccc4ccccc4c3)CC2)cnn1-c1ccccc1. The first-order valence-electron chi connectivity index (χ1n) is 10.5. The molecule has 1 aromatic heterocycles. The number of nitrogens with zero attached hydrogens (tertiary/aromatic N) is 4. The van der Waals surface area contributed by atoms with Gasteiger partial charge in [-0.05, 0) is 35.0 Å². The zero-order valence-electron chi connectivity index (χ0n) is 17.6. The van der Waals surface area contributed by atoms with Crippen LogP contribution in [0.25, 0.3) is 16.5 Å². The fraction of sp³-hybridized carbons (Fsp3) is 0.167. The minimum absolute atomic E-state index is 0.0692. The summed E-state index contributed by atoms with van der Waals surface area (Å²) in [5.41, 5.74) is 0.727. The number of hydrogen-bond acceptors (Lipinski definition) is 5. The number of sulfonamides is 1. The number of para-hydroxylation sites is 1. The van der Waals surface area contributed by atoms with E-state index in [-0.39, 0.29) is 23.0 Å². The highest BCUT2D eigenvalue weighted by molar-refractivity contribution is 7.89. The molecule has 1 fully saturated rings. The van der Waals surface area contributed by atoms with Crippen LogP contribution in [0.15, 0.2) is 88.7 Å². The van der Waals surface area contributed by atoms with Crippen LogP contribution in [-0.4, -0.2) is 48.7 Å². The van der Waals surface area contributed by atoms with Gasteiger partial charge in [0.2, 0.25) is 10.0 Å². The average Bonchev–Trinajstić information content (AvgIpc) is 2.86. The van der Waals surface area contributed by atoms with E-state index in [1.807, 2.05) is 53.4 Å². The number of fused-ring (bicyclic) bond motifs is 1. The van der Waals surface area contributed by atoms with Gasteiger partial charge in [-0.1, -0.05) is 60.1 Å². The molecule has 33 heavy (non-hydrogen) atoms. The third kappa shape index (κ3) is 4.01. The Bertz CT molecular complexity index is 1480. The number of rotatable bonds is 4. The quantitative estimate of drug-likeness (QED) is 0.446. The van der Waals surface area contributed by atoms with E-state index < -0.39 is 15.6 Å². The van der Waals surface area contributed by atoms with Crippen molar-refractivity contribution in [3.05, 3.63) is 94.4 Å². The molecule has 1 aliphatic rings. The van der Waals surface area contributed by atoms with Crippen LogP contribution in [0, 0.1) is 0 Å². The number of halogens is 1. The Morgan fingerprint density at radius 2 is 1.48 bits per heavy atom. The maximum atomic E-state index is 13.2. The lowest BCUT2D eigenvalue weighted by atomic mass is 10.1. The molecule has 0 bridgehead atoms. The van der Waals surface area contributed by atoms with Crippen LogP contribution in [-0.2, 0) is 10.0 Å². The van der Waals surface area contributed by atoms with Crippen molar-refractivity contribution in [3.8, 4) is 5.69 Å². The Labute approximate surface area is 196 Å². The smallest absolute Gasteiger partial charge is 0.292 e. The summed E-state index contributed by atoms with van der Waals surface area (Å²) in [5, 5.41) is 6.22. The first-order chi connectivity index (χ1) is 15.9. The van der Waals surface area contributed by atoms with E-state index in [0.29, 0.717) is 24.5 Å². The molecule has 9 heteroatoms. The van der Waals surface area contributed by atoms with E-state index in [9.17, 15) is 13.2 Å². The van der Waals surface area contributed by atoms with E-state index in [1.165, 1.54) is 8.99 Å². The molecule has 1 aliphatic heterocycles. The lowest BCUT2D eigenvalue weighted by Crippen LogP contribution is -2.49. The average molecular weight is 481 g/mol. The third-order valence-corrected chi connectivity index (χ3v) is 8.09. The van der Waals surface area contributed by atoms with Gasteiger partial charge in [-0.25, -0.2) is 8.42 Å². The van der Waals surface area contributed by atoms with E-state index in [4.69, 9.17) is 11.6 Å². The maximum Gasteiger partial charge on any atom is 0.292 e. The number of piperazine rings is 1. The van der Waals surface area contributed by atoms with Gasteiger partial charge in [-0.2, -0.15) is 14.1 Å². The predicted octanol–water partition coefficient (Wildman–Crippen LogP) is 3.55. The summed E-state index contributed by atoms with van der Waals surface area (Å²) in [6.07, 6.45) is 1.56. The minimum Gasteiger partial charge on any atom is -0.366 e. The molecule has 4 aromatic rings. The molecule has 3 aromatic carbocycles. The Kier molecular flexibility index (Phi) is 5.65. The second kappa shape index (κ2) is 8.62. The van der Waals surface area contributed by atoms with Crippen molar-refractivity contribution in [3.63, 3.8) is 0 Å². The number of hydrogen-bond donors (Lipinski definition) is 0. The van der Waals surface area contributed by atoms with Gasteiger partial charge in [0.15, 0.2) is 0 Å². The summed E-state index contributed by atoms with van der Waals surface area (Å²) in [5.74, 6) is 0. The summed E-state index contributed by atoms with van der Waals surface area (Å²) in [6, 6.07) is 21.9. The zero-order chi connectivity index (χ0) is 23.0. The molecule has 2 heterocycles. The van der Waals surface area contributed by atoms with Crippen molar-refractivity contribution in [1.82, 2.24) is 14.1 Å². The van der Waals surface area contributed by atoms with Crippen LogP contribution in [0.1, 0.15) is 0 Å². The summed E-state index contributed by atoms with van der Waals surface area (Å²) >= 11 is 6.41. The summed E-state index contributed by atoms with van der Waals surface area (Å²) < 4.78 is 29.2. The van der Waals surface area contributed by atoms with Crippen molar-refractivity contribution in [2.45, 2.75) is 4.90 Å². The van der Waals surface area contributed by atoms with Crippen LogP contribution in [0.3, 0.4) is 0 Å². The molecule has 0 spiro atoms. The molecule has 0 N–H and O–H groups in total. The molecule has 0 unspecified atom stereocenters. The highest BCUT2D eigenvalue weighted by Gasteiger charge is 2.30. The molecule has 0 saturated carbocycles. The molecule has 168 valence electrons. The molecule has 0 aliphatic carbocycles. The second-order valence-corrected chi connectivity index (χ2v) is 10.1. The fourth-order valence-corrected chi connectivity index (χ4v) is 5.75. The molecule has 1 saturated heterocycles. The largest absolute Gasteiger partial charge is 0.366 e. The Balaban J connectivity index is 1.35.